The zero-order valence-electron chi connectivity index (χ0n) is 12.6. The summed E-state index contributed by atoms with van der Waals surface area (Å²) in [4.78, 5) is 16.4. The number of ether oxygens (including phenoxy) is 1. The molecule has 3 rings (SSSR count). The summed E-state index contributed by atoms with van der Waals surface area (Å²) in [6.07, 6.45) is 6.24. The molecule has 1 aliphatic rings. The highest BCUT2D eigenvalue weighted by Gasteiger charge is 2.37. The third kappa shape index (κ3) is 2.97. The van der Waals surface area contributed by atoms with E-state index >= 15 is 0 Å². The molecule has 1 saturated carbocycles. The van der Waals surface area contributed by atoms with E-state index in [0.29, 0.717) is 17.4 Å². The number of aromatic nitrogens is 1. The van der Waals surface area contributed by atoms with Crippen molar-refractivity contribution in [2.24, 2.45) is 11.8 Å². The smallest absolute Gasteiger partial charge is 0.226 e. The molecule has 22 heavy (non-hydrogen) atoms. The predicted octanol–water partition coefficient (Wildman–Crippen LogP) is 3.26. The Morgan fingerprint density at radius 3 is 3.05 bits per heavy atom. The molecule has 2 heterocycles. The topological polar surface area (TPSA) is 64.4 Å². The molecule has 0 aromatic carbocycles. The van der Waals surface area contributed by atoms with Crippen molar-refractivity contribution in [2.45, 2.75) is 31.1 Å². The van der Waals surface area contributed by atoms with Gasteiger partial charge in [-0.15, -0.1) is 0 Å². The van der Waals surface area contributed by atoms with Crippen molar-refractivity contribution in [3.05, 3.63) is 24.1 Å². The fourth-order valence-electron chi connectivity index (χ4n) is 2.96. The van der Waals surface area contributed by atoms with Crippen LogP contribution in [0.2, 0.25) is 0 Å². The molecule has 0 saturated heterocycles. The monoisotopic (exact) mass is 366 g/mol. The van der Waals surface area contributed by atoms with E-state index in [1.165, 1.54) is 0 Å². The third-order valence-corrected chi connectivity index (χ3v) is 4.53. The molecule has 1 fully saturated rings. The van der Waals surface area contributed by atoms with Gasteiger partial charge in [-0.25, -0.2) is 4.98 Å². The summed E-state index contributed by atoms with van der Waals surface area (Å²) in [5.41, 5.74) is 1.71. The lowest BCUT2D eigenvalue weighted by Gasteiger charge is -2.35. The van der Waals surface area contributed by atoms with Crippen LogP contribution in [-0.2, 0) is 11.2 Å². The van der Waals surface area contributed by atoms with Crippen LogP contribution in [-0.4, -0.2) is 23.0 Å². The molecule has 2 aromatic rings. The van der Waals surface area contributed by atoms with Gasteiger partial charge in [0.15, 0.2) is 0 Å². The Morgan fingerprint density at radius 1 is 1.59 bits per heavy atom. The molecule has 0 spiro atoms. The number of amides is 1. The summed E-state index contributed by atoms with van der Waals surface area (Å²) in [7, 11) is 1.62. The number of fused-ring (bicyclic) bond motifs is 1. The van der Waals surface area contributed by atoms with Crippen LogP contribution >= 0.6 is 15.9 Å². The zero-order valence-corrected chi connectivity index (χ0v) is 14.2. The summed E-state index contributed by atoms with van der Waals surface area (Å²) < 4.78 is 10.7. The maximum Gasteiger partial charge on any atom is 0.226 e. The number of carbonyl (C=O) groups excluding carboxylic acids is 1. The van der Waals surface area contributed by atoms with Gasteiger partial charge in [0, 0.05) is 16.9 Å². The quantitative estimate of drug-likeness (QED) is 0.651. The number of carbonyl (C=O) groups is 1. The van der Waals surface area contributed by atoms with Gasteiger partial charge in [-0.05, 0) is 38.2 Å². The van der Waals surface area contributed by atoms with Crippen molar-refractivity contribution in [2.75, 3.05) is 7.11 Å². The minimum Gasteiger partial charge on any atom is -0.495 e. The Kier molecular flexibility index (Phi) is 4.38. The second-order valence-corrected chi connectivity index (χ2v) is 7.13. The third-order valence-electron chi connectivity index (χ3n) is 4.30. The van der Waals surface area contributed by atoms with Crippen molar-refractivity contribution in [1.82, 2.24) is 10.3 Å². The summed E-state index contributed by atoms with van der Waals surface area (Å²) in [5, 5.41) is 3.90. The number of halogens is 1. The van der Waals surface area contributed by atoms with E-state index in [1.807, 2.05) is 13.0 Å². The van der Waals surface area contributed by atoms with Crippen LogP contribution < -0.4 is 10.1 Å². The first-order valence-electron chi connectivity index (χ1n) is 7.43. The van der Waals surface area contributed by atoms with Crippen molar-refractivity contribution in [3.8, 4) is 5.75 Å². The van der Waals surface area contributed by atoms with Gasteiger partial charge in [0.2, 0.25) is 11.6 Å². The van der Waals surface area contributed by atoms with Crippen molar-refractivity contribution in [3.63, 3.8) is 0 Å². The maximum absolute atomic E-state index is 12.1. The van der Waals surface area contributed by atoms with E-state index in [-0.39, 0.29) is 16.8 Å². The van der Waals surface area contributed by atoms with Crippen LogP contribution in [0.25, 0.3) is 11.1 Å². The van der Waals surface area contributed by atoms with Gasteiger partial charge in [0.1, 0.15) is 5.75 Å². The average Bonchev–Trinajstić information content (AvgIpc) is 2.84. The fourth-order valence-corrected chi connectivity index (χ4v) is 3.19. The molecule has 6 heteroatoms. The number of hydrogen-bond acceptors (Lipinski definition) is 4. The molecule has 1 aliphatic carbocycles. The Bertz CT molecular complexity index is 683. The highest BCUT2D eigenvalue weighted by atomic mass is 79.9. The highest BCUT2D eigenvalue weighted by Crippen LogP contribution is 2.38. The summed E-state index contributed by atoms with van der Waals surface area (Å²) in [6.45, 7) is 1.91. The Labute approximate surface area is 137 Å². The first-order valence-corrected chi connectivity index (χ1v) is 8.34. The number of alkyl halides is 1. The summed E-state index contributed by atoms with van der Waals surface area (Å²) >= 11 is 3.36. The van der Waals surface area contributed by atoms with Crippen LogP contribution in [0.15, 0.2) is 22.9 Å². The zero-order chi connectivity index (χ0) is 15.7. The van der Waals surface area contributed by atoms with E-state index in [1.54, 1.807) is 19.6 Å². The SMILES string of the molecule is COc1cnc2occ(CC3CCC3C(=O)NC(C)Br)c2c1. The van der Waals surface area contributed by atoms with Crippen LogP contribution in [0.5, 0.6) is 5.75 Å². The van der Waals surface area contributed by atoms with E-state index in [0.717, 1.165) is 30.2 Å². The van der Waals surface area contributed by atoms with Crippen LogP contribution in [0.1, 0.15) is 25.3 Å². The number of pyridine rings is 1. The highest BCUT2D eigenvalue weighted by molar-refractivity contribution is 9.09. The van der Waals surface area contributed by atoms with Gasteiger partial charge in [-0.1, -0.05) is 15.9 Å². The van der Waals surface area contributed by atoms with Crippen LogP contribution in [0.4, 0.5) is 0 Å². The largest absolute Gasteiger partial charge is 0.495 e. The number of nitrogens with zero attached hydrogens (tertiary/aromatic N) is 1. The minimum absolute atomic E-state index is 0.00414. The molecule has 1 N–H and O–H groups in total. The lowest BCUT2D eigenvalue weighted by atomic mass is 9.70. The Hall–Kier alpha value is -1.56. The fraction of sp³-hybridized carbons (Fsp3) is 0.500. The molecule has 0 aliphatic heterocycles. The first-order chi connectivity index (χ1) is 10.6. The number of methoxy groups -OCH3 is 1. The van der Waals surface area contributed by atoms with Gasteiger partial charge in [-0.3, -0.25) is 4.79 Å². The van der Waals surface area contributed by atoms with Gasteiger partial charge >= 0.3 is 0 Å². The van der Waals surface area contributed by atoms with Crippen molar-refractivity contribution in [1.29, 1.82) is 0 Å². The molecule has 5 nitrogen and oxygen atoms in total. The Balaban J connectivity index is 1.74. The van der Waals surface area contributed by atoms with Gasteiger partial charge < -0.3 is 14.5 Å². The molecular weight excluding hydrogens is 348 g/mol. The maximum atomic E-state index is 12.1. The van der Waals surface area contributed by atoms with Crippen LogP contribution in [0, 0.1) is 11.8 Å². The molecule has 1 amide bonds. The molecule has 0 radical (unpaired) electrons. The number of rotatable bonds is 5. The van der Waals surface area contributed by atoms with E-state index in [4.69, 9.17) is 9.15 Å². The van der Waals surface area contributed by atoms with Gasteiger partial charge in [-0.2, -0.15) is 0 Å². The molecular formula is C16H19BrN2O3. The molecule has 3 atom stereocenters. The molecule has 2 aromatic heterocycles. The standard InChI is InChI=1S/C16H19BrN2O3/c1-9(17)19-15(20)13-4-3-10(13)5-11-8-22-16-14(11)6-12(21-2)7-18-16/h6-10,13H,3-5H2,1-2H3,(H,19,20). The first kappa shape index (κ1) is 15.3. The van der Waals surface area contributed by atoms with E-state index < -0.39 is 0 Å². The summed E-state index contributed by atoms with van der Waals surface area (Å²) in [6, 6.07) is 1.94. The second-order valence-electron chi connectivity index (χ2n) is 5.76. The van der Waals surface area contributed by atoms with E-state index in [9.17, 15) is 4.79 Å². The van der Waals surface area contributed by atoms with Crippen molar-refractivity contribution >= 4 is 32.9 Å². The van der Waals surface area contributed by atoms with Gasteiger partial charge in [0.05, 0.1) is 24.5 Å². The second kappa shape index (κ2) is 6.28. The number of hydrogen-bond donors (Lipinski definition) is 1. The normalized spacial score (nSPS) is 22.1. The lowest BCUT2D eigenvalue weighted by Crippen LogP contribution is -2.43. The number of nitrogens with one attached hydrogen (secondary N) is 1. The predicted molar refractivity (Wildman–Crippen MR) is 87.0 cm³/mol. The number of furan rings is 1. The average molecular weight is 367 g/mol. The molecule has 118 valence electrons. The molecule has 0 bridgehead atoms. The summed E-state index contributed by atoms with van der Waals surface area (Å²) in [5.74, 6) is 1.29. The van der Waals surface area contributed by atoms with E-state index in [2.05, 4.69) is 26.2 Å². The minimum atomic E-state index is 0.00414. The lowest BCUT2D eigenvalue weighted by molar-refractivity contribution is -0.130. The van der Waals surface area contributed by atoms with Gasteiger partial charge in [0.25, 0.3) is 0 Å². The molecule has 3 unspecified atom stereocenters. The van der Waals surface area contributed by atoms with Crippen LogP contribution in [0.3, 0.4) is 0 Å². The Morgan fingerprint density at radius 2 is 2.41 bits per heavy atom. The van der Waals surface area contributed by atoms with Crippen molar-refractivity contribution < 1.29 is 13.9 Å².